The molecule has 1 aromatic heterocycles. The SMILES string of the molecule is Nc1ccc2oc([C@H]3CCN3)cc2c1. The van der Waals surface area contributed by atoms with Crippen molar-refractivity contribution in [3.8, 4) is 0 Å². The number of anilines is 1. The second-order valence-electron chi connectivity index (χ2n) is 3.74. The number of benzene rings is 1. The molecular formula is C11H12N2O. The molecule has 0 saturated carbocycles. The monoisotopic (exact) mass is 188 g/mol. The number of nitrogen functional groups attached to an aromatic ring is 1. The smallest absolute Gasteiger partial charge is 0.134 e. The molecule has 0 aliphatic carbocycles. The van der Waals surface area contributed by atoms with Crippen molar-refractivity contribution in [2.24, 2.45) is 0 Å². The van der Waals surface area contributed by atoms with Crippen molar-refractivity contribution < 1.29 is 4.42 Å². The number of nitrogens with one attached hydrogen (secondary N) is 1. The van der Waals surface area contributed by atoms with E-state index in [2.05, 4.69) is 11.4 Å². The van der Waals surface area contributed by atoms with Gasteiger partial charge in [-0.05, 0) is 37.2 Å². The molecule has 0 amide bonds. The van der Waals surface area contributed by atoms with Crippen molar-refractivity contribution in [3.05, 3.63) is 30.0 Å². The van der Waals surface area contributed by atoms with Crippen LogP contribution in [0.25, 0.3) is 11.0 Å². The summed E-state index contributed by atoms with van der Waals surface area (Å²) in [6.07, 6.45) is 1.16. The molecule has 0 spiro atoms. The Labute approximate surface area is 81.9 Å². The molecule has 3 nitrogen and oxygen atoms in total. The Morgan fingerprint density at radius 2 is 2.21 bits per heavy atom. The summed E-state index contributed by atoms with van der Waals surface area (Å²) < 4.78 is 5.71. The van der Waals surface area contributed by atoms with Crippen molar-refractivity contribution in [2.75, 3.05) is 12.3 Å². The Balaban J connectivity index is 2.10. The van der Waals surface area contributed by atoms with E-state index in [1.807, 2.05) is 18.2 Å². The lowest BCUT2D eigenvalue weighted by Gasteiger charge is -2.25. The molecule has 1 aliphatic heterocycles. The molecule has 2 aromatic rings. The van der Waals surface area contributed by atoms with Gasteiger partial charge >= 0.3 is 0 Å². The van der Waals surface area contributed by atoms with Gasteiger partial charge in [-0.15, -0.1) is 0 Å². The number of furan rings is 1. The zero-order valence-corrected chi connectivity index (χ0v) is 7.79. The van der Waals surface area contributed by atoms with Crippen LogP contribution in [-0.4, -0.2) is 6.54 Å². The molecule has 1 fully saturated rings. The Morgan fingerprint density at radius 1 is 1.36 bits per heavy atom. The number of fused-ring (bicyclic) bond motifs is 1. The van der Waals surface area contributed by atoms with Crippen LogP contribution in [0.2, 0.25) is 0 Å². The molecule has 1 saturated heterocycles. The summed E-state index contributed by atoms with van der Waals surface area (Å²) in [4.78, 5) is 0. The van der Waals surface area contributed by atoms with Crippen molar-refractivity contribution in [3.63, 3.8) is 0 Å². The topological polar surface area (TPSA) is 51.2 Å². The first-order valence-corrected chi connectivity index (χ1v) is 4.85. The highest BCUT2D eigenvalue weighted by Gasteiger charge is 2.21. The molecule has 1 aliphatic rings. The predicted octanol–water partition coefficient (Wildman–Crippen LogP) is 2.05. The second-order valence-corrected chi connectivity index (χ2v) is 3.74. The highest BCUT2D eigenvalue weighted by molar-refractivity contribution is 5.81. The average Bonchev–Trinajstić information content (AvgIpc) is 2.43. The lowest BCUT2D eigenvalue weighted by atomic mass is 10.0. The van der Waals surface area contributed by atoms with E-state index in [0.717, 1.165) is 35.4 Å². The van der Waals surface area contributed by atoms with Crippen molar-refractivity contribution in [1.82, 2.24) is 5.32 Å². The summed E-state index contributed by atoms with van der Waals surface area (Å²) in [5.74, 6) is 1.02. The van der Waals surface area contributed by atoms with Crippen molar-refractivity contribution >= 4 is 16.7 Å². The first-order chi connectivity index (χ1) is 6.83. The van der Waals surface area contributed by atoms with Gasteiger partial charge in [0.05, 0.1) is 6.04 Å². The summed E-state index contributed by atoms with van der Waals surface area (Å²) in [5.41, 5.74) is 7.40. The molecule has 14 heavy (non-hydrogen) atoms. The summed E-state index contributed by atoms with van der Waals surface area (Å²) >= 11 is 0. The van der Waals surface area contributed by atoms with E-state index in [0.29, 0.717) is 6.04 Å². The van der Waals surface area contributed by atoms with Gasteiger partial charge in [0.1, 0.15) is 11.3 Å². The minimum atomic E-state index is 0.406. The third kappa shape index (κ3) is 1.09. The lowest BCUT2D eigenvalue weighted by Crippen LogP contribution is -2.34. The summed E-state index contributed by atoms with van der Waals surface area (Å²) in [7, 11) is 0. The van der Waals surface area contributed by atoms with E-state index in [4.69, 9.17) is 10.2 Å². The van der Waals surface area contributed by atoms with Crippen LogP contribution >= 0.6 is 0 Å². The van der Waals surface area contributed by atoms with Crippen LogP contribution in [0.15, 0.2) is 28.7 Å². The van der Waals surface area contributed by atoms with Crippen LogP contribution in [0.3, 0.4) is 0 Å². The van der Waals surface area contributed by atoms with Gasteiger partial charge in [-0.2, -0.15) is 0 Å². The fraction of sp³-hybridized carbons (Fsp3) is 0.273. The Hall–Kier alpha value is -1.48. The van der Waals surface area contributed by atoms with Crippen LogP contribution < -0.4 is 11.1 Å². The van der Waals surface area contributed by atoms with E-state index >= 15 is 0 Å². The summed E-state index contributed by atoms with van der Waals surface area (Å²) in [6.45, 7) is 1.09. The maximum absolute atomic E-state index is 5.71. The molecule has 72 valence electrons. The largest absolute Gasteiger partial charge is 0.459 e. The maximum Gasteiger partial charge on any atom is 0.134 e. The highest BCUT2D eigenvalue weighted by Crippen LogP contribution is 2.29. The molecule has 3 heteroatoms. The van der Waals surface area contributed by atoms with E-state index < -0.39 is 0 Å². The first-order valence-electron chi connectivity index (χ1n) is 4.85. The van der Waals surface area contributed by atoms with Crippen LogP contribution in [0.5, 0.6) is 0 Å². The molecule has 0 radical (unpaired) electrons. The van der Waals surface area contributed by atoms with Crippen LogP contribution in [0.1, 0.15) is 18.2 Å². The van der Waals surface area contributed by atoms with Crippen molar-refractivity contribution in [2.45, 2.75) is 12.5 Å². The van der Waals surface area contributed by atoms with Crippen LogP contribution in [-0.2, 0) is 0 Å². The Kier molecular flexibility index (Phi) is 1.55. The minimum absolute atomic E-state index is 0.406. The van der Waals surface area contributed by atoms with Crippen LogP contribution in [0, 0.1) is 0 Å². The van der Waals surface area contributed by atoms with Gasteiger partial charge in [0.15, 0.2) is 0 Å². The number of hydrogen-bond donors (Lipinski definition) is 2. The molecular weight excluding hydrogens is 176 g/mol. The fourth-order valence-electron chi connectivity index (χ4n) is 1.79. The molecule has 2 heterocycles. The summed E-state index contributed by atoms with van der Waals surface area (Å²) in [6, 6.07) is 8.21. The van der Waals surface area contributed by atoms with Gasteiger partial charge in [0.2, 0.25) is 0 Å². The summed E-state index contributed by atoms with van der Waals surface area (Å²) in [5, 5.41) is 4.40. The maximum atomic E-state index is 5.71. The van der Waals surface area contributed by atoms with E-state index in [-0.39, 0.29) is 0 Å². The zero-order valence-electron chi connectivity index (χ0n) is 7.79. The first kappa shape index (κ1) is 7.88. The fourth-order valence-corrected chi connectivity index (χ4v) is 1.79. The van der Waals surface area contributed by atoms with Gasteiger partial charge in [-0.1, -0.05) is 0 Å². The normalized spacial score (nSPS) is 21.0. The van der Waals surface area contributed by atoms with Gasteiger partial charge < -0.3 is 15.5 Å². The molecule has 3 N–H and O–H groups in total. The van der Waals surface area contributed by atoms with Crippen LogP contribution in [0.4, 0.5) is 5.69 Å². The van der Waals surface area contributed by atoms with Crippen molar-refractivity contribution in [1.29, 1.82) is 0 Å². The molecule has 3 rings (SSSR count). The number of nitrogens with two attached hydrogens (primary N) is 1. The molecule has 0 bridgehead atoms. The Bertz CT molecular complexity index is 471. The second kappa shape index (κ2) is 2.75. The predicted molar refractivity (Wildman–Crippen MR) is 56.0 cm³/mol. The average molecular weight is 188 g/mol. The van der Waals surface area contributed by atoms with Gasteiger partial charge in [0.25, 0.3) is 0 Å². The van der Waals surface area contributed by atoms with E-state index in [9.17, 15) is 0 Å². The zero-order chi connectivity index (χ0) is 9.54. The van der Waals surface area contributed by atoms with E-state index in [1.54, 1.807) is 0 Å². The molecule has 1 aromatic carbocycles. The third-order valence-corrected chi connectivity index (χ3v) is 2.73. The molecule has 1 atom stereocenters. The third-order valence-electron chi connectivity index (χ3n) is 2.73. The lowest BCUT2D eigenvalue weighted by molar-refractivity contribution is 0.327. The quantitative estimate of drug-likeness (QED) is 0.673. The van der Waals surface area contributed by atoms with E-state index in [1.165, 1.54) is 0 Å². The van der Waals surface area contributed by atoms with Gasteiger partial charge in [-0.3, -0.25) is 0 Å². The van der Waals surface area contributed by atoms with Gasteiger partial charge in [-0.25, -0.2) is 0 Å². The van der Waals surface area contributed by atoms with Gasteiger partial charge in [0, 0.05) is 11.1 Å². The highest BCUT2D eigenvalue weighted by atomic mass is 16.3. The number of hydrogen-bond acceptors (Lipinski definition) is 3. The minimum Gasteiger partial charge on any atom is -0.459 e. The number of rotatable bonds is 1. The molecule has 0 unspecified atom stereocenters. The Morgan fingerprint density at radius 3 is 2.93 bits per heavy atom. The standard InChI is InChI=1S/C11H12N2O/c12-8-1-2-10-7(5-8)6-11(14-10)9-3-4-13-9/h1-2,5-6,9,13H,3-4,12H2/t9-/m1/s1.